The molecule has 0 bridgehead atoms. The Labute approximate surface area is 159 Å². The van der Waals surface area contributed by atoms with E-state index in [0.29, 0.717) is 37.2 Å². The monoisotopic (exact) mass is 391 g/mol. The van der Waals surface area contributed by atoms with Gasteiger partial charge in [-0.3, -0.25) is 4.79 Å². The van der Waals surface area contributed by atoms with Gasteiger partial charge in [-0.05, 0) is 29.6 Å². The summed E-state index contributed by atoms with van der Waals surface area (Å²) in [5, 5.41) is 12.8. The molecular weight excluding hydrogens is 371 g/mol. The standard InChI is InChI=1S/C18H19FN4O3S/c1-25-8-7-23(11-16(24)20-14-5-2-4-13(19)10-14)12-17-21-22-18(26-17)15-6-3-9-27-15/h2-6,9-10H,7-8,11-12H2,1H3,(H,20,24)/p+1. The molecule has 2 heterocycles. The smallest absolute Gasteiger partial charge is 0.279 e. The molecule has 9 heteroatoms. The molecule has 1 unspecified atom stereocenters. The van der Waals surface area contributed by atoms with Gasteiger partial charge in [-0.1, -0.05) is 12.1 Å². The number of quaternary nitrogens is 1. The SMILES string of the molecule is COCC[NH+](CC(=O)Nc1cccc(F)c1)Cc1nnc(-c2cccs2)o1. The van der Waals surface area contributed by atoms with Gasteiger partial charge in [0.25, 0.3) is 17.7 Å². The summed E-state index contributed by atoms with van der Waals surface area (Å²) in [6, 6.07) is 9.61. The fourth-order valence-electron chi connectivity index (χ4n) is 2.52. The topological polar surface area (TPSA) is 81.7 Å². The number of amides is 1. The summed E-state index contributed by atoms with van der Waals surface area (Å²) >= 11 is 1.52. The van der Waals surface area contributed by atoms with E-state index in [1.54, 1.807) is 19.2 Å². The minimum Gasteiger partial charge on any atom is -0.414 e. The molecule has 2 N–H and O–H groups in total. The highest BCUT2D eigenvalue weighted by atomic mass is 32.1. The van der Waals surface area contributed by atoms with Crippen LogP contribution >= 0.6 is 11.3 Å². The first-order chi connectivity index (χ1) is 13.1. The van der Waals surface area contributed by atoms with Gasteiger partial charge in [0.1, 0.15) is 12.4 Å². The first kappa shape index (κ1) is 19.2. The van der Waals surface area contributed by atoms with Crippen molar-refractivity contribution >= 4 is 22.9 Å². The van der Waals surface area contributed by atoms with E-state index in [0.717, 1.165) is 9.78 Å². The maximum atomic E-state index is 13.3. The Hall–Kier alpha value is -2.62. The molecule has 142 valence electrons. The minimum absolute atomic E-state index is 0.163. The molecule has 2 aromatic heterocycles. The Morgan fingerprint density at radius 1 is 1.33 bits per heavy atom. The average Bonchev–Trinajstić information content (AvgIpc) is 3.31. The van der Waals surface area contributed by atoms with Gasteiger partial charge in [0.15, 0.2) is 13.1 Å². The van der Waals surface area contributed by atoms with Crippen LogP contribution in [0.25, 0.3) is 10.8 Å². The Morgan fingerprint density at radius 2 is 2.22 bits per heavy atom. The molecular formula is C18H20FN4O3S+. The van der Waals surface area contributed by atoms with Crippen molar-refractivity contribution in [3.8, 4) is 10.8 Å². The number of anilines is 1. The number of benzene rings is 1. The summed E-state index contributed by atoms with van der Waals surface area (Å²) in [5.41, 5.74) is 0.420. The minimum atomic E-state index is -0.400. The Morgan fingerprint density at radius 3 is 2.96 bits per heavy atom. The maximum Gasteiger partial charge on any atom is 0.279 e. The summed E-state index contributed by atoms with van der Waals surface area (Å²) in [4.78, 5) is 14.1. The lowest BCUT2D eigenvalue weighted by Gasteiger charge is -2.17. The molecule has 0 saturated carbocycles. The van der Waals surface area contributed by atoms with E-state index in [4.69, 9.17) is 9.15 Å². The van der Waals surface area contributed by atoms with Crippen LogP contribution in [0.3, 0.4) is 0 Å². The predicted molar refractivity (Wildman–Crippen MR) is 98.9 cm³/mol. The van der Waals surface area contributed by atoms with Crippen molar-refractivity contribution in [1.82, 2.24) is 10.2 Å². The van der Waals surface area contributed by atoms with Crippen LogP contribution in [0.5, 0.6) is 0 Å². The second kappa shape index (κ2) is 9.36. The lowest BCUT2D eigenvalue weighted by atomic mass is 10.3. The quantitative estimate of drug-likeness (QED) is 0.579. The maximum absolute atomic E-state index is 13.3. The Kier molecular flexibility index (Phi) is 6.64. The third kappa shape index (κ3) is 5.68. The number of carbonyl (C=O) groups is 1. The fraction of sp³-hybridized carbons (Fsp3) is 0.278. The van der Waals surface area contributed by atoms with E-state index in [2.05, 4.69) is 15.5 Å². The van der Waals surface area contributed by atoms with Crippen LogP contribution in [-0.4, -0.2) is 42.9 Å². The number of thiophene rings is 1. The van der Waals surface area contributed by atoms with Crippen molar-refractivity contribution in [3.05, 3.63) is 53.5 Å². The normalized spacial score (nSPS) is 12.1. The first-order valence-corrected chi connectivity index (χ1v) is 9.26. The van der Waals surface area contributed by atoms with Gasteiger partial charge in [-0.15, -0.1) is 21.5 Å². The zero-order valence-electron chi connectivity index (χ0n) is 14.8. The van der Waals surface area contributed by atoms with Crippen LogP contribution in [0.4, 0.5) is 10.1 Å². The molecule has 0 saturated heterocycles. The van der Waals surface area contributed by atoms with Crippen molar-refractivity contribution in [2.24, 2.45) is 0 Å². The van der Waals surface area contributed by atoms with E-state index >= 15 is 0 Å². The fourth-order valence-corrected chi connectivity index (χ4v) is 3.17. The molecule has 27 heavy (non-hydrogen) atoms. The third-order valence-corrected chi connectivity index (χ3v) is 4.64. The zero-order valence-corrected chi connectivity index (χ0v) is 15.6. The van der Waals surface area contributed by atoms with Crippen LogP contribution in [-0.2, 0) is 16.1 Å². The van der Waals surface area contributed by atoms with E-state index < -0.39 is 5.82 Å². The van der Waals surface area contributed by atoms with Gasteiger partial charge in [-0.25, -0.2) is 4.39 Å². The van der Waals surface area contributed by atoms with E-state index in [-0.39, 0.29) is 12.5 Å². The number of ether oxygens (including phenoxy) is 1. The van der Waals surface area contributed by atoms with Gasteiger partial charge in [0, 0.05) is 12.8 Å². The highest BCUT2D eigenvalue weighted by Crippen LogP contribution is 2.22. The molecule has 3 aromatic rings. The van der Waals surface area contributed by atoms with E-state index in [1.165, 1.54) is 23.5 Å². The molecule has 0 aliphatic rings. The van der Waals surface area contributed by atoms with Crippen molar-refractivity contribution in [3.63, 3.8) is 0 Å². The zero-order chi connectivity index (χ0) is 19.1. The summed E-state index contributed by atoms with van der Waals surface area (Å²) < 4.78 is 24.1. The van der Waals surface area contributed by atoms with Crippen LogP contribution in [0.1, 0.15) is 5.89 Å². The molecule has 1 amide bonds. The highest BCUT2D eigenvalue weighted by molar-refractivity contribution is 7.13. The van der Waals surface area contributed by atoms with Crippen molar-refractivity contribution in [1.29, 1.82) is 0 Å². The summed E-state index contributed by atoms with van der Waals surface area (Å²) in [7, 11) is 1.60. The second-order valence-corrected chi connectivity index (χ2v) is 6.83. The van der Waals surface area contributed by atoms with Crippen molar-refractivity contribution in [2.45, 2.75) is 6.54 Å². The van der Waals surface area contributed by atoms with Gasteiger partial charge in [0.2, 0.25) is 0 Å². The second-order valence-electron chi connectivity index (χ2n) is 5.88. The van der Waals surface area contributed by atoms with Gasteiger partial charge < -0.3 is 19.4 Å². The predicted octanol–water partition coefficient (Wildman–Crippen LogP) is 1.61. The van der Waals surface area contributed by atoms with Crippen LogP contribution in [0.15, 0.2) is 46.2 Å². The summed E-state index contributed by atoms with van der Waals surface area (Å²) in [6.07, 6.45) is 0. The van der Waals surface area contributed by atoms with Crippen molar-refractivity contribution < 1.29 is 23.2 Å². The number of nitrogens with zero attached hydrogens (tertiary/aromatic N) is 2. The first-order valence-electron chi connectivity index (χ1n) is 8.38. The molecule has 3 rings (SSSR count). The number of halogens is 1. The van der Waals surface area contributed by atoms with Crippen LogP contribution in [0, 0.1) is 5.82 Å². The van der Waals surface area contributed by atoms with Crippen LogP contribution in [0.2, 0.25) is 0 Å². The number of carbonyl (C=O) groups excluding carboxylic acids is 1. The molecule has 0 aliphatic carbocycles. The number of hydrogen-bond acceptors (Lipinski definition) is 6. The lowest BCUT2D eigenvalue weighted by molar-refractivity contribution is -0.907. The van der Waals surface area contributed by atoms with Gasteiger partial charge in [-0.2, -0.15) is 0 Å². The molecule has 1 atom stereocenters. The molecule has 0 radical (unpaired) electrons. The average molecular weight is 391 g/mol. The van der Waals surface area contributed by atoms with E-state index in [1.807, 2.05) is 17.5 Å². The van der Waals surface area contributed by atoms with Gasteiger partial charge >= 0.3 is 0 Å². The molecule has 0 aliphatic heterocycles. The van der Waals surface area contributed by atoms with Crippen molar-refractivity contribution in [2.75, 3.05) is 32.1 Å². The molecule has 1 aromatic carbocycles. The third-order valence-electron chi connectivity index (χ3n) is 3.78. The van der Waals surface area contributed by atoms with Gasteiger partial charge in [0.05, 0.1) is 11.5 Å². The summed E-state index contributed by atoms with van der Waals surface area (Å²) in [5.74, 6) is 0.284. The van der Waals surface area contributed by atoms with Crippen LogP contribution < -0.4 is 10.2 Å². The number of nitrogens with one attached hydrogen (secondary N) is 2. The number of aromatic nitrogens is 2. The lowest BCUT2D eigenvalue weighted by Crippen LogP contribution is -3.12. The summed E-state index contributed by atoms with van der Waals surface area (Å²) in [6.45, 7) is 1.62. The highest BCUT2D eigenvalue weighted by Gasteiger charge is 2.19. The molecule has 0 spiro atoms. The Balaban J connectivity index is 1.62. The molecule has 0 fully saturated rings. The Bertz CT molecular complexity index is 869. The number of methoxy groups -OCH3 is 1. The van der Waals surface area contributed by atoms with E-state index in [9.17, 15) is 9.18 Å². The molecule has 7 nitrogen and oxygen atoms in total. The largest absolute Gasteiger partial charge is 0.414 e. The number of hydrogen-bond donors (Lipinski definition) is 2. The number of rotatable bonds is 9.